The van der Waals surface area contributed by atoms with Gasteiger partial charge in [0.15, 0.2) is 0 Å². The van der Waals surface area contributed by atoms with Crippen LogP contribution in [0.1, 0.15) is 5.56 Å². The Morgan fingerprint density at radius 1 is 1.44 bits per heavy atom. The van der Waals surface area contributed by atoms with Crippen molar-refractivity contribution in [3.63, 3.8) is 0 Å². The fraction of sp³-hybridized carbons (Fsp3) is 0.111. The zero-order valence-electron chi connectivity index (χ0n) is 8.18. The molecular formula is C9H6ClN3O3. The number of aryl methyl sites for hydroxylation is 1. The fourth-order valence-electron chi connectivity index (χ4n) is 1.39. The molecule has 82 valence electrons. The number of hydrogen-bond acceptors (Lipinski definition) is 5. The minimum Gasteiger partial charge on any atom is -0.407 e. The lowest BCUT2D eigenvalue weighted by Gasteiger charge is -2.01. The zero-order valence-corrected chi connectivity index (χ0v) is 8.93. The summed E-state index contributed by atoms with van der Waals surface area (Å²) in [6.07, 6.45) is 0. The highest BCUT2D eigenvalue weighted by Gasteiger charge is 2.21. The number of nitro groups is 1. The van der Waals surface area contributed by atoms with Crippen molar-refractivity contribution in [1.29, 1.82) is 0 Å². The van der Waals surface area contributed by atoms with Gasteiger partial charge in [-0.15, -0.1) is 5.10 Å². The van der Waals surface area contributed by atoms with Crippen molar-refractivity contribution in [2.45, 2.75) is 6.92 Å². The largest absolute Gasteiger partial charge is 0.407 e. The molecule has 0 bridgehead atoms. The number of nitrogens with zero attached hydrogens (tertiary/aromatic N) is 3. The molecule has 0 fully saturated rings. The first-order valence-electron chi connectivity index (χ1n) is 4.33. The monoisotopic (exact) mass is 239 g/mol. The molecule has 6 nitrogen and oxygen atoms in total. The van der Waals surface area contributed by atoms with E-state index in [9.17, 15) is 10.1 Å². The van der Waals surface area contributed by atoms with Gasteiger partial charge in [-0.05, 0) is 24.1 Å². The Hall–Kier alpha value is -1.95. The molecule has 2 rings (SSSR count). The van der Waals surface area contributed by atoms with Crippen molar-refractivity contribution in [1.82, 2.24) is 10.2 Å². The summed E-state index contributed by atoms with van der Waals surface area (Å²) in [6.45, 7) is 1.72. The van der Waals surface area contributed by atoms with Gasteiger partial charge in [-0.1, -0.05) is 17.2 Å². The highest BCUT2D eigenvalue weighted by atomic mass is 35.5. The summed E-state index contributed by atoms with van der Waals surface area (Å²) in [6, 6.07) is 4.69. The molecule has 0 unspecified atom stereocenters. The quantitative estimate of drug-likeness (QED) is 0.594. The third-order valence-electron chi connectivity index (χ3n) is 2.06. The van der Waals surface area contributed by atoms with Crippen molar-refractivity contribution in [2.24, 2.45) is 0 Å². The highest BCUT2D eigenvalue weighted by Crippen LogP contribution is 2.32. The van der Waals surface area contributed by atoms with E-state index in [-0.39, 0.29) is 16.9 Å². The van der Waals surface area contributed by atoms with Crippen LogP contribution in [0.15, 0.2) is 22.6 Å². The topological polar surface area (TPSA) is 82.1 Å². The molecule has 0 saturated carbocycles. The Morgan fingerprint density at radius 2 is 2.19 bits per heavy atom. The van der Waals surface area contributed by atoms with E-state index in [1.165, 1.54) is 6.07 Å². The summed E-state index contributed by atoms with van der Waals surface area (Å²) in [5.74, 6) is 0.0507. The maximum atomic E-state index is 10.8. The standard InChI is InChI=1S/C9H6ClN3O3/c1-5-3-2-4-6(13(14)15)7(5)8-11-12-9(10)16-8/h2-4H,1H3. The van der Waals surface area contributed by atoms with Gasteiger partial charge in [-0.3, -0.25) is 10.1 Å². The fourth-order valence-corrected chi connectivity index (χ4v) is 1.50. The van der Waals surface area contributed by atoms with Gasteiger partial charge >= 0.3 is 5.35 Å². The van der Waals surface area contributed by atoms with E-state index in [1.807, 2.05) is 0 Å². The summed E-state index contributed by atoms with van der Waals surface area (Å²) in [7, 11) is 0. The zero-order chi connectivity index (χ0) is 11.7. The molecule has 0 N–H and O–H groups in total. The maximum absolute atomic E-state index is 10.8. The Labute approximate surface area is 95.0 Å². The third-order valence-corrected chi connectivity index (χ3v) is 2.21. The first kappa shape index (κ1) is 10.6. The first-order valence-corrected chi connectivity index (χ1v) is 4.71. The minimum atomic E-state index is -0.500. The normalized spacial score (nSPS) is 10.4. The van der Waals surface area contributed by atoms with Crippen molar-refractivity contribution >= 4 is 17.3 Å². The maximum Gasteiger partial charge on any atom is 0.313 e. The molecule has 2 aromatic rings. The van der Waals surface area contributed by atoms with Crippen molar-refractivity contribution in [3.8, 4) is 11.5 Å². The molecule has 1 aromatic heterocycles. The van der Waals surface area contributed by atoms with Crippen LogP contribution in [0.5, 0.6) is 0 Å². The molecule has 0 atom stereocenters. The molecule has 1 heterocycles. The van der Waals surface area contributed by atoms with Crippen molar-refractivity contribution < 1.29 is 9.34 Å². The lowest BCUT2D eigenvalue weighted by molar-refractivity contribution is -0.384. The Morgan fingerprint density at radius 3 is 2.75 bits per heavy atom. The number of aromatic nitrogens is 2. The molecule has 0 aliphatic carbocycles. The van der Waals surface area contributed by atoms with Crippen LogP contribution in [0.2, 0.25) is 5.35 Å². The predicted octanol–water partition coefficient (Wildman–Crippen LogP) is 2.61. The average Bonchev–Trinajstić information content (AvgIpc) is 2.64. The number of benzene rings is 1. The molecule has 7 heteroatoms. The third kappa shape index (κ3) is 1.74. The number of nitro benzene ring substituents is 1. The van der Waals surface area contributed by atoms with Crippen molar-refractivity contribution in [2.75, 3.05) is 0 Å². The van der Waals surface area contributed by atoms with E-state index in [0.717, 1.165) is 0 Å². The van der Waals surface area contributed by atoms with Crippen LogP contribution < -0.4 is 0 Å². The van der Waals surface area contributed by atoms with E-state index < -0.39 is 4.92 Å². The van der Waals surface area contributed by atoms with Crippen LogP contribution >= 0.6 is 11.6 Å². The second-order valence-electron chi connectivity index (χ2n) is 3.09. The van der Waals surface area contributed by atoms with Gasteiger partial charge in [0.05, 0.1) is 4.92 Å². The van der Waals surface area contributed by atoms with Gasteiger partial charge in [0, 0.05) is 6.07 Å². The van der Waals surface area contributed by atoms with E-state index in [0.29, 0.717) is 11.1 Å². The lowest BCUT2D eigenvalue weighted by Crippen LogP contribution is -1.94. The Balaban J connectivity index is 2.67. The predicted molar refractivity (Wildman–Crippen MR) is 56.1 cm³/mol. The van der Waals surface area contributed by atoms with Gasteiger partial charge in [0.25, 0.3) is 11.6 Å². The number of halogens is 1. The van der Waals surface area contributed by atoms with Gasteiger partial charge in [0.2, 0.25) is 0 Å². The highest BCUT2D eigenvalue weighted by molar-refractivity contribution is 6.27. The van der Waals surface area contributed by atoms with E-state index in [1.54, 1.807) is 19.1 Å². The van der Waals surface area contributed by atoms with Crippen LogP contribution in [0, 0.1) is 17.0 Å². The van der Waals surface area contributed by atoms with E-state index in [2.05, 4.69) is 10.2 Å². The van der Waals surface area contributed by atoms with Crippen LogP contribution in [-0.2, 0) is 0 Å². The SMILES string of the molecule is Cc1cccc([N+](=O)[O-])c1-c1nnc(Cl)o1. The molecule has 0 spiro atoms. The Bertz CT molecular complexity index is 553. The summed E-state index contributed by atoms with van der Waals surface area (Å²) in [5, 5.41) is 17.8. The van der Waals surface area contributed by atoms with Crippen LogP contribution in [0.4, 0.5) is 5.69 Å². The molecular weight excluding hydrogens is 234 g/mol. The molecule has 16 heavy (non-hydrogen) atoms. The molecule has 1 aromatic carbocycles. The molecule has 0 aliphatic rings. The molecule has 0 aliphatic heterocycles. The van der Waals surface area contributed by atoms with Crippen LogP contribution in [0.3, 0.4) is 0 Å². The molecule has 0 saturated heterocycles. The molecule has 0 amide bonds. The van der Waals surface area contributed by atoms with E-state index in [4.69, 9.17) is 16.0 Å². The van der Waals surface area contributed by atoms with Gasteiger partial charge in [0.1, 0.15) is 5.56 Å². The summed E-state index contributed by atoms with van der Waals surface area (Å²) >= 11 is 5.48. The average molecular weight is 240 g/mol. The Kier molecular flexibility index (Phi) is 2.57. The smallest absolute Gasteiger partial charge is 0.313 e. The van der Waals surface area contributed by atoms with Gasteiger partial charge in [-0.2, -0.15) is 0 Å². The number of hydrogen-bond donors (Lipinski definition) is 0. The number of rotatable bonds is 2. The summed E-state index contributed by atoms with van der Waals surface area (Å²) in [5.41, 5.74) is 0.890. The summed E-state index contributed by atoms with van der Waals surface area (Å²) < 4.78 is 4.98. The van der Waals surface area contributed by atoms with Gasteiger partial charge < -0.3 is 4.42 Å². The van der Waals surface area contributed by atoms with Crippen LogP contribution in [-0.4, -0.2) is 15.1 Å². The molecule has 0 radical (unpaired) electrons. The van der Waals surface area contributed by atoms with Gasteiger partial charge in [-0.25, -0.2) is 0 Å². The van der Waals surface area contributed by atoms with E-state index >= 15 is 0 Å². The van der Waals surface area contributed by atoms with Crippen molar-refractivity contribution in [3.05, 3.63) is 39.2 Å². The second kappa shape index (κ2) is 3.90. The minimum absolute atomic E-state index is 0.0507. The van der Waals surface area contributed by atoms with Crippen LogP contribution in [0.25, 0.3) is 11.5 Å². The summed E-state index contributed by atoms with van der Waals surface area (Å²) in [4.78, 5) is 10.3. The first-order chi connectivity index (χ1) is 7.59. The second-order valence-corrected chi connectivity index (χ2v) is 3.41. The lowest BCUT2D eigenvalue weighted by atomic mass is 10.1.